The summed E-state index contributed by atoms with van der Waals surface area (Å²) in [6.45, 7) is 3.31. The minimum Gasteiger partial charge on any atom is -0.504 e. The standard InChI is InChI=1S/C14H20INO2/c1-18-13-9-11(8-12(15)14(13)17)10-16-6-4-2-3-5-7-16/h8-9,17H,2-7,10H2,1H3. The number of hydrogen-bond donors (Lipinski definition) is 1. The summed E-state index contributed by atoms with van der Waals surface area (Å²) in [5.74, 6) is 0.824. The average molecular weight is 361 g/mol. The Kier molecular flexibility index (Phi) is 5.12. The van der Waals surface area contributed by atoms with Crippen LogP contribution in [0.25, 0.3) is 0 Å². The van der Waals surface area contributed by atoms with Crippen LogP contribution in [0.4, 0.5) is 0 Å². The van der Waals surface area contributed by atoms with Crippen molar-refractivity contribution >= 4 is 22.6 Å². The van der Waals surface area contributed by atoms with Gasteiger partial charge in [-0.3, -0.25) is 4.90 Å². The predicted molar refractivity (Wildman–Crippen MR) is 81.1 cm³/mol. The van der Waals surface area contributed by atoms with Gasteiger partial charge < -0.3 is 9.84 Å². The molecule has 1 aromatic rings. The van der Waals surface area contributed by atoms with E-state index in [0.717, 1.165) is 10.1 Å². The summed E-state index contributed by atoms with van der Waals surface area (Å²) < 4.78 is 6.07. The highest BCUT2D eigenvalue weighted by Gasteiger charge is 2.13. The number of halogens is 1. The van der Waals surface area contributed by atoms with Gasteiger partial charge in [0.2, 0.25) is 0 Å². The highest BCUT2D eigenvalue weighted by atomic mass is 127. The van der Waals surface area contributed by atoms with Crippen LogP contribution in [0.15, 0.2) is 12.1 Å². The fourth-order valence-corrected chi connectivity index (χ4v) is 3.09. The molecule has 1 saturated heterocycles. The fraction of sp³-hybridized carbons (Fsp3) is 0.571. The molecule has 0 radical (unpaired) electrons. The lowest BCUT2D eigenvalue weighted by Crippen LogP contribution is -2.24. The number of nitrogens with zero attached hydrogens (tertiary/aromatic N) is 1. The molecule has 4 heteroatoms. The largest absolute Gasteiger partial charge is 0.504 e. The maximum Gasteiger partial charge on any atom is 0.171 e. The average Bonchev–Trinajstić information content (AvgIpc) is 2.62. The van der Waals surface area contributed by atoms with E-state index in [-0.39, 0.29) is 5.75 Å². The Morgan fingerprint density at radius 1 is 1.22 bits per heavy atom. The van der Waals surface area contributed by atoms with E-state index in [1.54, 1.807) is 7.11 Å². The molecule has 1 aromatic carbocycles. The molecule has 0 amide bonds. The lowest BCUT2D eigenvalue weighted by Gasteiger charge is -2.20. The summed E-state index contributed by atoms with van der Waals surface area (Å²) in [5.41, 5.74) is 1.22. The monoisotopic (exact) mass is 361 g/mol. The van der Waals surface area contributed by atoms with Gasteiger partial charge in [-0.05, 0) is 66.2 Å². The second kappa shape index (κ2) is 6.61. The van der Waals surface area contributed by atoms with Crippen LogP contribution in [-0.4, -0.2) is 30.2 Å². The number of methoxy groups -OCH3 is 1. The van der Waals surface area contributed by atoms with Crippen LogP contribution >= 0.6 is 22.6 Å². The van der Waals surface area contributed by atoms with Crippen molar-refractivity contribution in [3.05, 3.63) is 21.3 Å². The van der Waals surface area contributed by atoms with E-state index in [1.165, 1.54) is 44.3 Å². The highest BCUT2D eigenvalue weighted by Crippen LogP contribution is 2.32. The first kappa shape index (κ1) is 13.9. The molecule has 0 unspecified atom stereocenters. The first-order valence-corrected chi connectivity index (χ1v) is 7.56. The van der Waals surface area contributed by atoms with Crippen LogP contribution in [-0.2, 0) is 6.54 Å². The fourth-order valence-electron chi connectivity index (χ4n) is 2.43. The van der Waals surface area contributed by atoms with Crippen molar-refractivity contribution in [3.63, 3.8) is 0 Å². The Bertz CT molecular complexity index is 401. The number of hydrogen-bond acceptors (Lipinski definition) is 3. The predicted octanol–water partition coefficient (Wildman–Crippen LogP) is 3.38. The number of rotatable bonds is 3. The van der Waals surface area contributed by atoms with Crippen molar-refractivity contribution in [2.45, 2.75) is 32.2 Å². The van der Waals surface area contributed by atoms with Crippen molar-refractivity contribution in [2.75, 3.05) is 20.2 Å². The SMILES string of the molecule is COc1cc(CN2CCCCCC2)cc(I)c1O. The quantitative estimate of drug-likeness (QED) is 0.838. The molecule has 1 heterocycles. The van der Waals surface area contributed by atoms with Crippen molar-refractivity contribution < 1.29 is 9.84 Å². The van der Waals surface area contributed by atoms with E-state index in [4.69, 9.17) is 4.74 Å². The molecule has 2 rings (SSSR count). The first-order chi connectivity index (χ1) is 8.70. The summed E-state index contributed by atoms with van der Waals surface area (Å²) in [6, 6.07) is 3.99. The van der Waals surface area contributed by atoms with Gasteiger partial charge >= 0.3 is 0 Å². The summed E-state index contributed by atoms with van der Waals surface area (Å²) >= 11 is 2.15. The third-order valence-corrected chi connectivity index (χ3v) is 4.24. The number of likely N-dealkylation sites (tertiary alicyclic amines) is 1. The van der Waals surface area contributed by atoms with E-state index >= 15 is 0 Å². The minimum absolute atomic E-state index is 0.248. The summed E-state index contributed by atoms with van der Waals surface area (Å²) in [4.78, 5) is 2.49. The topological polar surface area (TPSA) is 32.7 Å². The van der Waals surface area contributed by atoms with Gasteiger partial charge in [-0.2, -0.15) is 0 Å². The van der Waals surface area contributed by atoms with E-state index in [0.29, 0.717) is 5.75 Å². The molecule has 1 aliphatic rings. The number of aromatic hydroxyl groups is 1. The zero-order valence-corrected chi connectivity index (χ0v) is 12.9. The van der Waals surface area contributed by atoms with Crippen molar-refractivity contribution in [1.29, 1.82) is 0 Å². The van der Waals surface area contributed by atoms with E-state index < -0.39 is 0 Å². The molecule has 0 aliphatic carbocycles. The maximum absolute atomic E-state index is 9.83. The zero-order valence-electron chi connectivity index (χ0n) is 10.8. The van der Waals surface area contributed by atoms with Crippen LogP contribution in [0.3, 0.4) is 0 Å². The van der Waals surface area contributed by atoms with E-state index in [1.807, 2.05) is 12.1 Å². The van der Waals surface area contributed by atoms with Crippen LogP contribution in [0, 0.1) is 3.57 Å². The molecule has 0 aromatic heterocycles. The van der Waals surface area contributed by atoms with Crippen LogP contribution in [0.2, 0.25) is 0 Å². The second-order valence-corrected chi connectivity index (χ2v) is 5.98. The van der Waals surface area contributed by atoms with Crippen molar-refractivity contribution in [2.24, 2.45) is 0 Å². The van der Waals surface area contributed by atoms with Gasteiger partial charge in [-0.15, -0.1) is 0 Å². The van der Waals surface area contributed by atoms with Crippen LogP contribution < -0.4 is 4.74 Å². The minimum atomic E-state index is 0.248. The molecule has 1 N–H and O–H groups in total. The molecule has 100 valence electrons. The first-order valence-electron chi connectivity index (χ1n) is 6.48. The molecule has 0 bridgehead atoms. The molecule has 0 saturated carbocycles. The lowest BCUT2D eigenvalue weighted by molar-refractivity contribution is 0.276. The third kappa shape index (κ3) is 3.51. The Morgan fingerprint density at radius 3 is 2.50 bits per heavy atom. The second-order valence-electron chi connectivity index (χ2n) is 4.82. The van der Waals surface area contributed by atoms with Gasteiger partial charge in [0.05, 0.1) is 10.7 Å². The Morgan fingerprint density at radius 2 is 1.89 bits per heavy atom. The number of ether oxygens (including phenoxy) is 1. The van der Waals surface area contributed by atoms with Gasteiger partial charge in [0.1, 0.15) is 0 Å². The highest BCUT2D eigenvalue weighted by molar-refractivity contribution is 14.1. The molecule has 1 fully saturated rings. The normalized spacial score (nSPS) is 17.4. The van der Waals surface area contributed by atoms with Crippen LogP contribution in [0.5, 0.6) is 11.5 Å². The van der Waals surface area contributed by atoms with Gasteiger partial charge in [0.25, 0.3) is 0 Å². The summed E-state index contributed by atoms with van der Waals surface area (Å²) in [6.07, 6.45) is 5.30. The molecule has 0 atom stereocenters. The van der Waals surface area contributed by atoms with Gasteiger partial charge in [-0.1, -0.05) is 12.8 Å². The Balaban J connectivity index is 2.10. The molecule has 3 nitrogen and oxygen atoms in total. The van der Waals surface area contributed by atoms with Crippen molar-refractivity contribution in [3.8, 4) is 11.5 Å². The van der Waals surface area contributed by atoms with E-state index in [9.17, 15) is 5.11 Å². The molecule has 1 aliphatic heterocycles. The van der Waals surface area contributed by atoms with Crippen molar-refractivity contribution in [1.82, 2.24) is 4.90 Å². The number of phenols is 1. The van der Waals surface area contributed by atoms with Crippen LogP contribution in [0.1, 0.15) is 31.2 Å². The summed E-state index contributed by atoms with van der Waals surface area (Å²) in [5, 5.41) is 9.83. The Hall–Kier alpha value is -0.490. The number of benzene rings is 1. The zero-order chi connectivity index (χ0) is 13.0. The van der Waals surface area contributed by atoms with Gasteiger partial charge in [-0.25, -0.2) is 0 Å². The number of phenolic OH excluding ortho intramolecular Hbond substituents is 1. The smallest absolute Gasteiger partial charge is 0.171 e. The lowest BCUT2D eigenvalue weighted by atomic mass is 10.2. The molecule has 0 spiro atoms. The third-order valence-electron chi connectivity index (χ3n) is 3.41. The van der Waals surface area contributed by atoms with Gasteiger partial charge in [0.15, 0.2) is 11.5 Å². The molecular weight excluding hydrogens is 341 g/mol. The van der Waals surface area contributed by atoms with E-state index in [2.05, 4.69) is 27.5 Å². The molecular formula is C14H20INO2. The molecule has 18 heavy (non-hydrogen) atoms. The maximum atomic E-state index is 9.83. The Labute approximate surface area is 122 Å². The summed E-state index contributed by atoms with van der Waals surface area (Å²) in [7, 11) is 1.60. The van der Waals surface area contributed by atoms with Gasteiger partial charge in [0, 0.05) is 6.54 Å².